The monoisotopic (exact) mass is 372 g/mol. The number of aromatic nitrogens is 2. The minimum atomic E-state index is -0.0574. The van der Waals surface area contributed by atoms with E-state index in [1.165, 1.54) is 12.5 Å². The Morgan fingerprint density at radius 2 is 1.96 bits per heavy atom. The molecule has 2 heterocycles. The first-order valence-electron chi connectivity index (χ1n) is 9.28. The summed E-state index contributed by atoms with van der Waals surface area (Å²) in [6, 6.07) is 3.49. The fourth-order valence-electron chi connectivity index (χ4n) is 2.73. The quantitative estimate of drug-likeness (QED) is 0.563. The van der Waals surface area contributed by atoms with Gasteiger partial charge in [-0.2, -0.15) is 0 Å². The molecule has 7 nitrogen and oxygen atoms in total. The van der Waals surface area contributed by atoms with Crippen molar-refractivity contribution in [1.29, 1.82) is 0 Å². The Bertz CT molecular complexity index is 729. The SMILES string of the molecule is CCN(CCN(C)C)C(=O)CCCc1cc(C(=O)Cc2ncco2)ccn1. The largest absolute Gasteiger partial charge is 0.449 e. The number of pyridine rings is 1. The zero-order chi connectivity index (χ0) is 19.6. The van der Waals surface area contributed by atoms with Crippen LogP contribution in [-0.4, -0.2) is 65.2 Å². The molecule has 0 N–H and O–H groups in total. The van der Waals surface area contributed by atoms with E-state index in [9.17, 15) is 9.59 Å². The van der Waals surface area contributed by atoms with Crippen LogP contribution in [0.4, 0.5) is 0 Å². The molecule has 2 aromatic rings. The highest BCUT2D eigenvalue weighted by atomic mass is 16.3. The van der Waals surface area contributed by atoms with Crippen molar-refractivity contribution in [3.8, 4) is 0 Å². The molecule has 0 aliphatic heterocycles. The van der Waals surface area contributed by atoms with Gasteiger partial charge in [-0.1, -0.05) is 0 Å². The normalized spacial score (nSPS) is 11.0. The third-order valence-corrected chi connectivity index (χ3v) is 4.31. The van der Waals surface area contributed by atoms with E-state index in [2.05, 4.69) is 14.9 Å². The van der Waals surface area contributed by atoms with Crippen LogP contribution in [0.25, 0.3) is 0 Å². The summed E-state index contributed by atoms with van der Waals surface area (Å²) in [5.41, 5.74) is 1.41. The van der Waals surface area contributed by atoms with Crippen molar-refractivity contribution in [2.24, 2.45) is 0 Å². The number of hydrogen-bond acceptors (Lipinski definition) is 6. The van der Waals surface area contributed by atoms with Crippen molar-refractivity contribution in [2.75, 3.05) is 33.7 Å². The Morgan fingerprint density at radius 3 is 2.63 bits per heavy atom. The van der Waals surface area contributed by atoms with E-state index in [-0.39, 0.29) is 18.1 Å². The Hall–Kier alpha value is -2.54. The first-order valence-corrected chi connectivity index (χ1v) is 9.28. The third kappa shape index (κ3) is 6.94. The van der Waals surface area contributed by atoms with Crippen molar-refractivity contribution >= 4 is 11.7 Å². The van der Waals surface area contributed by atoms with Crippen LogP contribution >= 0.6 is 0 Å². The summed E-state index contributed by atoms with van der Waals surface area (Å²) in [6.45, 7) is 4.31. The van der Waals surface area contributed by atoms with Crippen LogP contribution in [-0.2, 0) is 17.6 Å². The number of likely N-dealkylation sites (N-methyl/N-ethyl adjacent to an activating group) is 2. The summed E-state index contributed by atoms with van der Waals surface area (Å²) in [5.74, 6) is 0.509. The fourth-order valence-corrected chi connectivity index (χ4v) is 2.73. The van der Waals surface area contributed by atoms with E-state index < -0.39 is 0 Å². The highest BCUT2D eigenvalue weighted by Crippen LogP contribution is 2.10. The summed E-state index contributed by atoms with van der Waals surface area (Å²) < 4.78 is 5.12. The molecule has 2 rings (SSSR count). The maximum Gasteiger partial charge on any atom is 0.222 e. The molecular weight excluding hydrogens is 344 g/mol. The van der Waals surface area contributed by atoms with E-state index in [4.69, 9.17) is 4.42 Å². The van der Waals surface area contributed by atoms with Crippen molar-refractivity contribution < 1.29 is 14.0 Å². The lowest BCUT2D eigenvalue weighted by atomic mass is 10.1. The second kappa shape index (κ2) is 10.6. The topological polar surface area (TPSA) is 79.5 Å². The molecule has 2 aromatic heterocycles. The van der Waals surface area contributed by atoms with Gasteiger partial charge >= 0.3 is 0 Å². The minimum Gasteiger partial charge on any atom is -0.449 e. The van der Waals surface area contributed by atoms with Crippen LogP contribution in [0.3, 0.4) is 0 Å². The Labute approximate surface area is 160 Å². The molecule has 0 aromatic carbocycles. The van der Waals surface area contributed by atoms with Crippen LogP contribution in [0.5, 0.6) is 0 Å². The second-order valence-corrected chi connectivity index (χ2v) is 6.69. The molecule has 1 amide bonds. The molecule has 0 saturated carbocycles. The number of carbonyl (C=O) groups is 2. The minimum absolute atomic E-state index is 0.0574. The standard InChI is InChI=1S/C20H28N4O3/c1-4-24(12-11-23(2)3)20(26)7-5-6-17-14-16(8-9-21-17)18(25)15-19-22-10-13-27-19/h8-10,13-14H,4-7,11-12,15H2,1-3H3. The molecule has 0 bridgehead atoms. The van der Waals surface area contributed by atoms with Gasteiger partial charge in [-0.25, -0.2) is 4.98 Å². The van der Waals surface area contributed by atoms with E-state index in [1.807, 2.05) is 25.9 Å². The van der Waals surface area contributed by atoms with Gasteiger partial charge < -0.3 is 14.2 Å². The molecule has 0 spiro atoms. The molecule has 0 aliphatic carbocycles. The molecule has 0 radical (unpaired) electrons. The maximum atomic E-state index is 12.3. The lowest BCUT2D eigenvalue weighted by Gasteiger charge is -2.22. The number of Topliss-reactive ketones (excluding diaryl/α,β-unsaturated/α-hetero) is 1. The van der Waals surface area contributed by atoms with Crippen LogP contribution in [0.15, 0.2) is 35.2 Å². The fraction of sp³-hybridized carbons (Fsp3) is 0.500. The van der Waals surface area contributed by atoms with E-state index in [0.29, 0.717) is 30.7 Å². The molecular formula is C20H28N4O3. The highest BCUT2D eigenvalue weighted by Gasteiger charge is 2.13. The summed E-state index contributed by atoms with van der Waals surface area (Å²) in [7, 11) is 4.00. The third-order valence-electron chi connectivity index (χ3n) is 4.31. The summed E-state index contributed by atoms with van der Waals surface area (Å²) >= 11 is 0. The van der Waals surface area contributed by atoms with Crippen LogP contribution in [0.1, 0.15) is 41.7 Å². The average Bonchev–Trinajstić information content (AvgIpc) is 3.15. The van der Waals surface area contributed by atoms with E-state index in [0.717, 1.165) is 25.3 Å². The van der Waals surface area contributed by atoms with Crippen molar-refractivity contribution in [3.05, 3.63) is 47.9 Å². The van der Waals surface area contributed by atoms with Gasteiger partial charge in [0.2, 0.25) is 11.8 Å². The smallest absolute Gasteiger partial charge is 0.222 e. The van der Waals surface area contributed by atoms with E-state index >= 15 is 0 Å². The first kappa shape index (κ1) is 20.8. The molecule has 0 fully saturated rings. The van der Waals surface area contributed by atoms with Crippen LogP contribution in [0, 0.1) is 0 Å². The van der Waals surface area contributed by atoms with Gasteiger partial charge in [0.1, 0.15) is 6.26 Å². The zero-order valence-corrected chi connectivity index (χ0v) is 16.4. The number of rotatable bonds is 11. The number of ketones is 1. The number of hydrogen-bond donors (Lipinski definition) is 0. The summed E-state index contributed by atoms with van der Waals surface area (Å²) in [5, 5.41) is 0. The second-order valence-electron chi connectivity index (χ2n) is 6.69. The number of nitrogens with zero attached hydrogens (tertiary/aromatic N) is 4. The van der Waals surface area contributed by atoms with Crippen molar-refractivity contribution in [3.63, 3.8) is 0 Å². The number of carbonyl (C=O) groups excluding carboxylic acids is 2. The van der Waals surface area contributed by atoms with E-state index in [1.54, 1.807) is 18.3 Å². The van der Waals surface area contributed by atoms with Gasteiger partial charge in [-0.15, -0.1) is 0 Å². The number of amides is 1. The van der Waals surface area contributed by atoms with Gasteiger partial charge in [-0.3, -0.25) is 14.6 Å². The Kier molecular flexibility index (Phi) is 8.13. The lowest BCUT2D eigenvalue weighted by Crippen LogP contribution is -2.36. The van der Waals surface area contributed by atoms with Gasteiger partial charge in [0, 0.05) is 43.5 Å². The molecule has 27 heavy (non-hydrogen) atoms. The summed E-state index contributed by atoms with van der Waals surface area (Å²) in [4.78, 5) is 36.9. The predicted molar refractivity (Wildman–Crippen MR) is 103 cm³/mol. The number of oxazole rings is 1. The molecule has 146 valence electrons. The lowest BCUT2D eigenvalue weighted by molar-refractivity contribution is -0.131. The maximum absolute atomic E-state index is 12.3. The van der Waals surface area contributed by atoms with Crippen molar-refractivity contribution in [2.45, 2.75) is 32.6 Å². The molecule has 0 unspecified atom stereocenters. The van der Waals surface area contributed by atoms with Crippen LogP contribution in [0.2, 0.25) is 0 Å². The first-order chi connectivity index (χ1) is 13.0. The van der Waals surface area contributed by atoms with Gasteiger partial charge in [0.05, 0.1) is 12.6 Å². The zero-order valence-electron chi connectivity index (χ0n) is 16.4. The molecule has 7 heteroatoms. The number of aryl methyl sites for hydroxylation is 1. The average molecular weight is 372 g/mol. The molecule has 0 aliphatic rings. The van der Waals surface area contributed by atoms with Crippen LogP contribution < -0.4 is 0 Å². The molecule has 0 atom stereocenters. The Morgan fingerprint density at radius 1 is 1.15 bits per heavy atom. The predicted octanol–water partition coefficient (Wildman–Crippen LogP) is 2.23. The Balaban J connectivity index is 1.83. The van der Waals surface area contributed by atoms with Crippen molar-refractivity contribution in [1.82, 2.24) is 19.8 Å². The molecule has 0 saturated heterocycles. The van der Waals surface area contributed by atoms with Gasteiger partial charge in [0.25, 0.3) is 0 Å². The highest BCUT2D eigenvalue weighted by molar-refractivity contribution is 5.97. The van der Waals surface area contributed by atoms with Gasteiger partial charge in [0.15, 0.2) is 5.78 Å². The van der Waals surface area contributed by atoms with Gasteiger partial charge in [-0.05, 0) is 46.0 Å². The summed E-state index contributed by atoms with van der Waals surface area (Å²) in [6.07, 6.45) is 6.60.